The molecule has 0 amide bonds. The summed E-state index contributed by atoms with van der Waals surface area (Å²) >= 11 is 0. The Hall–Kier alpha value is -3.54. The van der Waals surface area contributed by atoms with Gasteiger partial charge in [-0.1, -0.05) is 57.2 Å². The summed E-state index contributed by atoms with van der Waals surface area (Å²) in [6.45, 7) is 9.97. The number of nitrogens with one attached hydrogen (secondary N) is 2. The summed E-state index contributed by atoms with van der Waals surface area (Å²) in [4.78, 5) is 23.7. The highest BCUT2D eigenvalue weighted by Crippen LogP contribution is 2.22. The quantitative estimate of drug-likeness (QED) is 0.524. The van der Waals surface area contributed by atoms with Crippen LogP contribution in [0.3, 0.4) is 0 Å². The molecule has 30 heavy (non-hydrogen) atoms. The van der Waals surface area contributed by atoms with Crippen molar-refractivity contribution in [2.75, 3.05) is 0 Å². The highest BCUT2D eigenvalue weighted by molar-refractivity contribution is 5.34. The number of hydrogen-bond acceptors (Lipinski definition) is 2. The smallest absolute Gasteiger partial charge is 0.275 e. The predicted molar refractivity (Wildman–Crippen MR) is 121 cm³/mol. The van der Waals surface area contributed by atoms with Crippen LogP contribution in [0.25, 0.3) is 11.4 Å². The molecular formula is C24H28N4O2. The second kappa shape index (κ2) is 8.45. The van der Waals surface area contributed by atoms with Crippen LogP contribution in [-0.2, 0) is 5.41 Å². The van der Waals surface area contributed by atoms with Crippen molar-refractivity contribution >= 4 is 0 Å². The van der Waals surface area contributed by atoms with Gasteiger partial charge in [-0.2, -0.15) is 0 Å². The van der Waals surface area contributed by atoms with E-state index < -0.39 is 0 Å². The predicted octanol–water partition coefficient (Wildman–Crippen LogP) is 4.25. The molecule has 0 atom stereocenters. The third-order valence-corrected chi connectivity index (χ3v) is 4.70. The van der Waals surface area contributed by atoms with E-state index in [-0.39, 0.29) is 16.5 Å². The molecule has 2 aromatic carbocycles. The first-order chi connectivity index (χ1) is 14.2. The SMILES string of the molecule is Cc1[nH]n(-c2ccccc2)c(=O)c1C(C)(C)C.Cc1cc(=O)n(-c2ccccc2)[nH]1. The lowest BCUT2D eigenvalue weighted by atomic mass is 9.87. The summed E-state index contributed by atoms with van der Waals surface area (Å²) < 4.78 is 3.13. The third-order valence-electron chi connectivity index (χ3n) is 4.70. The lowest BCUT2D eigenvalue weighted by Crippen LogP contribution is -2.25. The standard InChI is InChI=1S/C14H18N2O.C10H10N2O/c1-10-12(14(2,3)4)13(17)16(15-10)11-8-6-5-7-9-11;1-8-7-10(13)12(11-8)9-5-3-2-4-6-9/h5-9,15H,1-4H3;2-7,11H,1H3. The molecule has 0 radical (unpaired) electrons. The largest absolute Gasteiger partial charge is 0.295 e. The molecule has 0 aliphatic carbocycles. The minimum atomic E-state index is -0.141. The summed E-state index contributed by atoms with van der Waals surface area (Å²) in [6, 6.07) is 20.7. The van der Waals surface area contributed by atoms with Crippen molar-refractivity contribution in [3.63, 3.8) is 0 Å². The van der Waals surface area contributed by atoms with Gasteiger partial charge in [0.05, 0.1) is 11.4 Å². The Morgan fingerprint density at radius 3 is 1.63 bits per heavy atom. The average Bonchev–Trinajstić information content (AvgIpc) is 3.21. The van der Waals surface area contributed by atoms with Gasteiger partial charge in [-0.05, 0) is 43.5 Å². The maximum absolute atomic E-state index is 12.4. The van der Waals surface area contributed by atoms with Crippen molar-refractivity contribution in [3.05, 3.63) is 104 Å². The van der Waals surface area contributed by atoms with E-state index in [2.05, 4.69) is 31.0 Å². The molecule has 6 nitrogen and oxygen atoms in total. The normalized spacial score (nSPS) is 11.1. The maximum atomic E-state index is 12.4. The minimum Gasteiger partial charge on any atom is -0.295 e. The fourth-order valence-corrected chi connectivity index (χ4v) is 3.47. The molecule has 2 heterocycles. The Bertz CT molecular complexity index is 1220. The molecule has 0 bridgehead atoms. The van der Waals surface area contributed by atoms with Crippen LogP contribution in [0.15, 0.2) is 76.3 Å². The van der Waals surface area contributed by atoms with Crippen molar-refractivity contribution in [3.8, 4) is 11.4 Å². The van der Waals surface area contributed by atoms with Gasteiger partial charge in [0.15, 0.2) is 0 Å². The van der Waals surface area contributed by atoms with Gasteiger partial charge >= 0.3 is 0 Å². The summed E-state index contributed by atoms with van der Waals surface area (Å²) in [7, 11) is 0. The Balaban J connectivity index is 0.000000177. The van der Waals surface area contributed by atoms with E-state index in [1.807, 2.05) is 74.5 Å². The number of nitrogens with zero attached hydrogens (tertiary/aromatic N) is 2. The fraction of sp³-hybridized carbons (Fsp3) is 0.250. The molecular weight excluding hydrogens is 376 g/mol. The third kappa shape index (κ3) is 4.54. The Morgan fingerprint density at radius 1 is 0.733 bits per heavy atom. The van der Waals surface area contributed by atoms with Gasteiger partial charge in [0.1, 0.15) is 0 Å². The highest BCUT2D eigenvalue weighted by Gasteiger charge is 2.23. The van der Waals surface area contributed by atoms with Crippen molar-refractivity contribution in [2.24, 2.45) is 0 Å². The Labute approximate surface area is 175 Å². The van der Waals surface area contributed by atoms with E-state index in [0.29, 0.717) is 0 Å². The molecule has 2 N–H and O–H groups in total. The van der Waals surface area contributed by atoms with Gasteiger partial charge in [0.25, 0.3) is 11.1 Å². The van der Waals surface area contributed by atoms with Gasteiger partial charge in [0, 0.05) is 23.0 Å². The van der Waals surface area contributed by atoms with Crippen molar-refractivity contribution in [2.45, 2.75) is 40.0 Å². The molecule has 0 aliphatic heterocycles. The first-order valence-corrected chi connectivity index (χ1v) is 9.90. The molecule has 0 spiro atoms. The lowest BCUT2D eigenvalue weighted by molar-refractivity contribution is 0.581. The van der Waals surface area contributed by atoms with Gasteiger partial charge in [-0.3, -0.25) is 19.8 Å². The van der Waals surface area contributed by atoms with E-state index in [1.165, 1.54) is 4.68 Å². The summed E-state index contributed by atoms with van der Waals surface area (Å²) in [5, 5.41) is 6.10. The summed E-state index contributed by atoms with van der Waals surface area (Å²) in [6.07, 6.45) is 0. The van der Waals surface area contributed by atoms with Crippen LogP contribution in [0.5, 0.6) is 0 Å². The number of benzene rings is 2. The number of hydrogen-bond donors (Lipinski definition) is 2. The molecule has 156 valence electrons. The van der Waals surface area contributed by atoms with Gasteiger partial charge in [-0.25, -0.2) is 9.36 Å². The number of aromatic nitrogens is 4. The molecule has 0 saturated heterocycles. The molecule has 0 saturated carbocycles. The topological polar surface area (TPSA) is 75.6 Å². The summed E-state index contributed by atoms with van der Waals surface area (Å²) in [5.74, 6) is 0. The van der Waals surface area contributed by atoms with E-state index in [4.69, 9.17) is 0 Å². The number of rotatable bonds is 2. The zero-order chi connectivity index (χ0) is 21.9. The number of aromatic amines is 2. The van der Waals surface area contributed by atoms with E-state index in [1.54, 1.807) is 10.7 Å². The molecule has 4 rings (SSSR count). The molecule has 4 aromatic rings. The van der Waals surface area contributed by atoms with E-state index in [0.717, 1.165) is 28.3 Å². The lowest BCUT2D eigenvalue weighted by Gasteiger charge is -2.15. The first kappa shape index (κ1) is 21.2. The van der Waals surface area contributed by atoms with Crippen molar-refractivity contribution in [1.82, 2.24) is 19.6 Å². The highest BCUT2D eigenvalue weighted by atomic mass is 16.1. The Kier molecular flexibility index (Phi) is 5.96. The van der Waals surface area contributed by atoms with Crippen molar-refractivity contribution < 1.29 is 0 Å². The molecule has 0 fully saturated rings. The van der Waals surface area contributed by atoms with E-state index >= 15 is 0 Å². The van der Waals surface area contributed by atoms with Crippen molar-refractivity contribution in [1.29, 1.82) is 0 Å². The van der Waals surface area contributed by atoms with Gasteiger partial charge in [-0.15, -0.1) is 0 Å². The van der Waals surface area contributed by atoms with Crippen LogP contribution in [-0.4, -0.2) is 19.6 Å². The molecule has 6 heteroatoms. The molecule has 2 aromatic heterocycles. The van der Waals surface area contributed by atoms with Crippen LogP contribution in [0.1, 0.15) is 37.7 Å². The molecule has 0 unspecified atom stereocenters. The van der Waals surface area contributed by atoms with Crippen LogP contribution in [0.4, 0.5) is 0 Å². The van der Waals surface area contributed by atoms with Crippen LogP contribution in [0, 0.1) is 13.8 Å². The molecule has 0 aliphatic rings. The number of para-hydroxylation sites is 2. The van der Waals surface area contributed by atoms with E-state index in [9.17, 15) is 9.59 Å². The summed E-state index contributed by atoms with van der Waals surface area (Å²) in [5.41, 5.74) is 4.26. The second-order valence-corrected chi connectivity index (χ2v) is 8.29. The maximum Gasteiger partial charge on any atom is 0.275 e. The monoisotopic (exact) mass is 404 g/mol. The minimum absolute atomic E-state index is 0.0244. The number of aryl methyl sites for hydroxylation is 2. The number of H-pyrrole nitrogens is 2. The van der Waals surface area contributed by atoms with Gasteiger partial charge in [0.2, 0.25) is 0 Å². The van der Waals surface area contributed by atoms with Crippen LogP contribution < -0.4 is 11.1 Å². The second-order valence-electron chi connectivity index (χ2n) is 8.29. The van der Waals surface area contributed by atoms with Crippen LogP contribution >= 0.6 is 0 Å². The first-order valence-electron chi connectivity index (χ1n) is 9.90. The zero-order valence-electron chi connectivity index (χ0n) is 18.1. The average molecular weight is 405 g/mol. The fourth-order valence-electron chi connectivity index (χ4n) is 3.47. The van der Waals surface area contributed by atoms with Gasteiger partial charge < -0.3 is 0 Å². The van der Waals surface area contributed by atoms with Crippen LogP contribution in [0.2, 0.25) is 0 Å². The zero-order valence-corrected chi connectivity index (χ0v) is 18.1. The Morgan fingerprint density at radius 2 is 1.23 bits per heavy atom.